The van der Waals surface area contributed by atoms with Crippen molar-refractivity contribution in [3.8, 4) is 11.3 Å². The Morgan fingerprint density at radius 1 is 1.21 bits per heavy atom. The van der Waals surface area contributed by atoms with Crippen LogP contribution in [0.15, 0.2) is 30.3 Å². The fraction of sp³-hybridized carbons (Fsp3) is 0.474. The number of ether oxygens (including phenoxy) is 1. The van der Waals surface area contributed by atoms with Gasteiger partial charge in [-0.25, -0.2) is 0 Å². The summed E-state index contributed by atoms with van der Waals surface area (Å²) in [5, 5.41) is 4.74. The fourth-order valence-corrected chi connectivity index (χ4v) is 3.81. The van der Waals surface area contributed by atoms with Crippen molar-refractivity contribution in [1.82, 2.24) is 14.7 Å². The number of aryl methyl sites for hydroxylation is 1. The Kier molecular flexibility index (Phi) is 4.10. The topological polar surface area (TPSA) is 47.4 Å². The lowest BCUT2D eigenvalue weighted by atomic mass is 10.0. The summed E-state index contributed by atoms with van der Waals surface area (Å²) in [6, 6.07) is 10.3. The maximum Gasteiger partial charge on any atom is 0.228 e. The molecule has 126 valence electrons. The summed E-state index contributed by atoms with van der Waals surface area (Å²) in [4.78, 5) is 14.7. The molecular weight excluding hydrogens is 302 g/mol. The predicted octanol–water partition coefficient (Wildman–Crippen LogP) is 2.05. The van der Waals surface area contributed by atoms with Gasteiger partial charge in [-0.1, -0.05) is 30.3 Å². The highest BCUT2D eigenvalue weighted by Crippen LogP contribution is 2.28. The number of carbonyl (C=O) groups excluding carboxylic acids is 1. The summed E-state index contributed by atoms with van der Waals surface area (Å²) in [6.07, 6.45) is 2.59. The number of carbonyl (C=O) groups is 1. The quantitative estimate of drug-likeness (QED) is 0.849. The van der Waals surface area contributed by atoms with Crippen molar-refractivity contribution in [1.29, 1.82) is 0 Å². The molecule has 3 heterocycles. The molecule has 1 aromatic carbocycles. The number of amides is 1. The average Bonchev–Trinajstić information content (AvgIpc) is 3.18. The van der Waals surface area contributed by atoms with Gasteiger partial charge in [-0.05, 0) is 12.8 Å². The second-order valence-corrected chi connectivity index (χ2v) is 6.65. The summed E-state index contributed by atoms with van der Waals surface area (Å²) in [5.41, 5.74) is 4.76. The summed E-state index contributed by atoms with van der Waals surface area (Å²) in [6.45, 7) is 2.84. The van der Waals surface area contributed by atoms with E-state index in [9.17, 15) is 4.79 Å². The van der Waals surface area contributed by atoms with E-state index in [1.165, 1.54) is 11.3 Å². The number of aromatic nitrogens is 2. The number of fused-ring (bicyclic) bond motifs is 1. The number of benzene rings is 1. The monoisotopic (exact) mass is 325 g/mol. The van der Waals surface area contributed by atoms with E-state index in [1.54, 1.807) is 0 Å². The average molecular weight is 325 g/mol. The second kappa shape index (κ2) is 6.40. The van der Waals surface area contributed by atoms with E-state index in [2.05, 4.69) is 12.1 Å². The van der Waals surface area contributed by atoms with Crippen LogP contribution in [0.1, 0.15) is 17.7 Å². The van der Waals surface area contributed by atoms with Crippen molar-refractivity contribution in [2.45, 2.75) is 19.3 Å². The highest BCUT2D eigenvalue weighted by atomic mass is 16.5. The van der Waals surface area contributed by atoms with Crippen LogP contribution in [0.4, 0.5) is 0 Å². The number of nitrogens with zero attached hydrogens (tertiary/aromatic N) is 3. The molecule has 1 atom stereocenters. The lowest BCUT2D eigenvalue weighted by molar-refractivity contribution is -0.135. The molecule has 1 amide bonds. The molecule has 5 heteroatoms. The molecular formula is C19H23N3O2. The third-order valence-corrected chi connectivity index (χ3v) is 5.16. The second-order valence-electron chi connectivity index (χ2n) is 6.65. The van der Waals surface area contributed by atoms with Crippen molar-refractivity contribution in [2.24, 2.45) is 13.0 Å². The highest BCUT2D eigenvalue weighted by molar-refractivity contribution is 5.79. The van der Waals surface area contributed by atoms with Crippen molar-refractivity contribution in [3.63, 3.8) is 0 Å². The maximum absolute atomic E-state index is 12.7. The predicted molar refractivity (Wildman–Crippen MR) is 91.6 cm³/mol. The minimum Gasteiger partial charge on any atom is -0.381 e. The number of hydrogen-bond acceptors (Lipinski definition) is 3. The minimum atomic E-state index is 0.0536. The van der Waals surface area contributed by atoms with E-state index in [0.29, 0.717) is 13.2 Å². The lowest BCUT2D eigenvalue weighted by Gasteiger charge is -2.23. The molecule has 1 saturated heterocycles. The van der Waals surface area contributed by atoms with Gasteiger partial charge in [0.25, 0.3) is 0 Å². The van der Waals surface area contributed by atoms with Gasteiger partial charge in [-0.2, -0.15) is 5.10 Å². The van der Waals surface area contributed by atoms with Crippen molar-refractivity contribution < 1.29 is 9.53 Å². The molecule has 4 rings (SSSR count). The molecule has 0 spiro atoms. The largest absolute Gasteiger partial charge is 0.381 e. The summed E-state index contributed by atoms with van der Waals surface area (Å²) < 4.78 is 7.37. The molecule has 1 unspecified atom stereocenters. The van der Waals surface area contributed by atoms with Gasteiger partial charge in [0, 0.05) is 50.0 Å². The van der Waals surface area contributed by atoms with Crippen LogP contribution in [0.3, 0.4) is 0 Å². The Hall–Kier alpha value is -2.14. The third-order valence-electron chi connectivity index (χ3n) is 5.16. The molecule has 2 aromatic rings. The first-order chi connectivity index (χ1) is 11.7. The van der Waals surface area contributed by atoms with E-state index in [1.807, 2.05) is 34.8 Å². The summed E-state index contributed by atoms with van der Waals surface area (Å²) in [5.74, 6) is 0.312. The normalized spacial score (nSPS) is 20.7. The van der Waals surface area contributed by atoms with Crippen molar-refractivity contribution in [2.75, 3.05) is 26.3 Å². The Bertz CT molecular complexity index is 733. The first-order valence-electron chi connectivity index (χ1n) is 8.70. The molecule has 5 nitrogen and oxygen atoms in total. The van der Waals surface area contributed by atoms with Crippen LogP contribution in [0.5, 0.6) is 0 Å². The molecule has 0 aliphatic carbocycles. The van der Waals surface area contributed by atoms with Crippen LogP contribution in [0, 0.1) is 5.92 Å². The Balaban J connectivity index is 1.58. The van der Waals surface area contributed by atoms with Crippen LogP contribution >= 0.6 is 0 Å². The first kappa shape index (κ1) is 15.4. The zero-order valence-electron chi connectivity index (χ0n) is 14.1. The van der Waals surface area contributed by atoms with Gasteiger partial charge in [0.15, 0.2) is 0 Å². The summed E-state index contributed by atoms with van der Waals surface area (Å²) in [7, 11) is 2.01. The van der Waals surface area contributed by atoms with Gasteiger partial charge in [0.1, 0.15) is 0 Å². The zero-order chi connectivity index (χ0) is 16.5. The maximum atomic E-state index is 12.7. The Morgan fingerprint density at radius 2 is 2.00 bits per heavy atom. The fourth-order valence-electron chi connectivity index (χ4n) is 3.81. The number of rotatable bonds is 2. The highest BCUT2D eigenvalue weighted by Gasteiger charge is 2.30. The molecule has 0 saturated carbocycles. The van der Waals surface area contributed by atoms with Crippen LogP contribution in [-0.4, -0.2) is 46.9 Å². The van der Waals surface area contributed by atoms with E-state index in [-0.39, 0.29) is 11.8 Å². The molecule has 0 radical (unpaired) electrons. The van der Waals surface area contributed by atoms with Gasteiger partial charge in [0.05, 0.1) is 18.2 Å². The molecule has 2 aliphatic heterocycles. The number of hydrogen-bond donors (Lipinski definition) is 0. The van der Waals surface area contributed by atoms with Gasteiger partial charge >= 0.3 is 0 Å². The standard InChI is InChI=1S/C19H23N3O2/c1-21-17-8-11-22(19(23)15-9-12-24-13-15)10-7-16(17)18(20-21)14-5-3-2-4-6-14/h2-6,15H,7-13H2,1H3. The van der Waals surface area contributed by atoms with Crippen molar-refractivity contribution >= 4 is 5.91 Å². The van der Waals surface area contributed by atoms with E-state index in [4.69, 9.17) is 9.84 Å². The van der Waals surface area contributed by atoms with Gasteiger partial charge in [-0.3, -0.25) is 9.48 Å². The SMILES string of the molecule is Cn1nc(-c2ccccc2)c2c1CCN(C(=O)C1CCOC1)CC2. The molecule has 1 aromatic heterocycles. The van der Waals surface area contributed by atoms with Gasteiger partial charge in [0.2, 0.25) is 5.91 Å². The Morgan fingerprint density at radius 3 is 2.75 bits per heavy atom. The van der Waals surface area contributed by atoms with Crippen LogP contribution in [0.2, 0.25) is 0 Å². The van der Waals surface area contributed by atoms with E-state index < -0.39 is 0 Å². The molecule has 24 heavy (non-hydrogen) atoms. The van der Waals surface area contributed by atoms with E-state index >= 15 is 0 Å². The first-order valence-corrected chi connectivity index (χ1v) is 8.70. The third kappa shape index (κ3) is 2.73. The molecule has 0 N–H and O–H groups in total. The molecule has 0 bridgehead atoms. The van der Waals surface area contributed by atoms with Gasteiger partial charge in [-0.15, -0.1) is 0 Å². The van der Waals surface area contributed by atoms with Crippen LogP contribution in [-0.2, 0) is 29.4 Å². The summed E-state index contributed by atoms with van der Waals surface area (Å²) >= 11 is 0. The van der Waals surface area contributed by atoms with Crippen molar-refractivity contribution in [3.05, 3.63) is 41.6 Å². The molecule has 1 fully saturated rings. The van der Waals surface area contributed by atoms with Crippen LogP contribution in [0.25, 0.3) is 11.3 Å². The van der Waals surface area contributed by atoms with E-state index in [0.717, 1.165) is 43.6 Å². The van der Waals surface area contributed by atoms with Crippen LogP contribution < -0.4 is 0 Å². The zero-order valence-corrected chi connectivity index (χ0v) is 14.1. The Labute approximate surface area is 142 Å². The minimum absolute atomic E-state index is 0.0536. The smallest absolute Gasteiger partial charge is 0.228 e. The molecule has 2 aliphatic rings. The lowest BCUT2D eigenvalue weighted by Crippen LogP contribution is -2.38. The van der Waals surface area contributed by atoms with Gasteiger partial charge < -0.3 is 9.64 Å².